The molecule has 7 nitrogen and oxygen atoms in total. The van der Waals surface area contributed by atoms with Crippen LogP contribution in [0.5, 0.6) is 0 Å². The van der Waals surface area contributed by atoms with E-state index in [0.29, 0.717) is 20.8 Å². The summed E-state index contributed by atoms with van der Waals surface area (Å²) in [6.07, 6.45) is 0.905. The molecule has 2 aromatic carbocycles. The highest BCUT2D eigenvalue weighted by Gasteiger charge is 2.29. The lowest BCUT2D eigenvalue weighted by molar-refractivity contribution is 0.0526. The average molecular weight is 494 g/mol. The fraction of sp³-hybridized carbons (Fsp3) is 0.182. The minimum absolute atomic E-state index is 0.0107. The molecule has 0 N–H and O–H groups in total. The van der Waals surface area contributed by atoms with Gasteiger partial charge in [0, 0.05) is 9.92 Å². The zero-order chi connectivity index (χ0) is 23.3. The van der Waals surface area contributed by atoms with Crippen molar-refractivity contribution in [3.05, 3.63) is 82.8 Å². The number of sulfonamides is 1. The number of anilines is 1. The first-order chi connectivity index (χ1) is 15.2. The van der Waals surface area contributed by atoms with Crippen molar-refractivity contribution in [3.63, 3.8) is 0 Å². The molecule has 0 saturated carbocycles. The number of ether oxygens (including phenoxy) is 1. The zero-order valence-electron chi connectivity index (χ0n) is 17.3. The van der Waals surface area contributed by atoms with Gasteiger partial charge in [0.15, 0.2) is 5.76 Å². The summed E-state index contributed by atoms with van der Waals surface area (Å²) in [5.41, 5.74) is 0.141. The van der Waals surface area contributed by atoms with Crippen LogP contribution in [-0.4, -0.2) is 33.2 Å². The summed E-state index contributed by atoms with van der Waals surface area (Å²) in [5, 5.41) is 0.633. The summed E-state index contributed by atoms with van der Waals surface area (Å²) >= 11 is 7.36. The van der Waals surface area contributed by atoms with Crippen LogP contribution in [0.15, 0.2) is 70.0 Å². The number of benzene rings is 2. The monoisotopic (exact) mass is 493 g/mol. The predicted molar refractivity (Wildman–Crippen MR) is 124 cm³/mol. The quantitative estimate of drug-likeness (QED) is 0.321. The van der Waals surface area contributed by atoms with E-state index in [1.807, 2.05) is 12.1 Å². The molecular weight excluding hydrogens is 474 g/mol. The van der Waals surface area contributed by atoms with E-state index in [4.69, 9.17) is 20.8 Å². The number of carbonyl (C=O) groups is 2. The van der Waals surface area contributed by atoms with Crippen molar-refractivity contribution >= 4 is 50.9 Å². The van der Waals surface area contributed by atoms with Crippen molar-refractivity contribution in [2.75, 3.05) is 17.2 Å². The van der Waals surface area contributed by atoms with Crippen molar-refractivity contribution in [2.45, 2.75) is 17.6 Å². The molecule has 0 unspecified atom stereocenters. The molecule has 1 aromatic heterocycles. The van der Waals surface area contributed by atoms with Gasteiger partial charge in [0.25, 0.3) is 0 Å². The van der Waals surface area contributed by atoms with Gasteiger partial charge in [-0.15, -0.1) is 11.8 Å². The van der Waals surface area contributed by atoms with Crippen molar-refractivity contribution in [3.8, 4) is 0 Å². The van der Waals surface area contributed by atoms with Crippen LogP contribution < -0.4 is 4.31 Å². The second-order valence-corrected chi connectivity index (χ2v) is 9.93. The van der Waals surface area contributed by atoms with Crippen molar-refractivity contribution in [1.82, 2.24) is 0 Å². The van der Waals surface area contributed by atoms with Crippen LogP contribution in [0.2, 0.25) is 5.02 Å². The highest BCUT2D eigenvalue weighted by atomic mass is 35.5. The number of hydrogen-bond acceptors (Lipinski definition) is 7. The SMILES string of the molecule is CCOC(=O)c1cccc(N(C(=O)c2ccc(CSc3ccc(Cl)cc3)o2)S(C)(=O)=O)c1. The molecule has 0 aliphatic carbocycles. The van der Waals surface area contributed by atoms with E-state index in [9.17, 15) is 18.0 Å². The van der Waals surface area contributed by atoms with E-state index in [1.165, 1.54) is 42.1 Å². The Morgan fingerprint density at radius 2 is 1.81 bits per heavy atom. The summed E-state index contributed by atoms with van der Waals surface area (Å²) in [4.78, 5) is 26.0. The molecule has 0 spiro atoms. The maximum Gasteiger partial charge on any atom is 0.338 e. The lowest BCUT2D eigenvalue weighted by Gasteiger charge is -2.19. The van der Waals surface area contributed by atoms with E-state index in [2.05, 4.69) is 0 Å². The molecule has 0 saturated heterocycles. The Morgan fingerprint density at radius 3 is 2.47 bits per heavy atom. The highest BCUT2D eigenvalue weighted by Crippen LogP contribution is 2.27. The number of esters is 1. The van der Waals surface area contributed by atoms with E-state index in [0.717, 1.165) is 11.2 Å². The lowest BCUT2D eigenvalue weighted by Crippen LogP contribution is -2.36. The molecule has 0 radical (unpaired) electrons. The summed E-state index contributed by atoms with van der Waals surface area (Å²) in [7, 11) is -4.02. The molecule has 0 aliphatic rings. The Labute approximate surface area is 195 Å². The maximum atomic E-state index is 13.0. The summed E-state index contributed by atoms with van der Waals surface area (Å²) in [6, 6.07) is 16.0. The first kappa shape index (κ1) is 23.9. The predicted octanol–water partition coefficient (Wildman–Crippen LogP) is 5.01. The minimum Gasteiger partial charge on any atom is -0.462 e. The number of amides is 1. The lowest BCUT2D eigenvalue weighted by atomic mass is 10.2. The smallest absolute Gasteiger partial charge is 0.338 e. The van der Waals surface area contributed by atoms with Gasteiger partial charge in [-0.25, -0.2) is 17.5 Å². The molecule has 3 rings (SSSR count). The van der Waals surface area contributed by atoms with Crippen LogP contribution in [0.4, 0.5) is 5.69 Å². The topological polar surface area (TPSA) is 93.9 Å². The van der Waals surface area contributed by atoms with Gasteiger partial charge in [-0.3, -0.25) is 4.79 Å². The summed E-state index contributed by atoms with van der Waals surface area (Å²) in [6.45, 7) is 1.83. The fourth-order valence-corrected chi connectivity index (χ4v) is 4.60. The van der Waals surface area contributed by atoms with Crippen LogP contribution >= 0.6 is 23.4 Å². The first-order valence-corrected chi connectivity index (χ1v) is 12.7. The van der Waals surface area contributed by atoms with Gasteiger partial charge in [0.2, 0.25) is 10.0 Å². The van der Waals surface area contributed by atoms with Crippen LogP contribution in [0, 0.1) is 0 Å². The third-order valence-corrected chi connectivity index (χ3v) is 6.50. The molecular formula is C22H20ClNO6S2. The van der Waals surface area contributed by atoms with Crippen molar-refractivity contribution < 1.29 is 27.2 Å². The summed E-state index contributed by atoms with van der Waals surface area (Å²) in [5.74, 6) is -0.678. The summed E-state index contributed by atoms with van der Waals surface area (Å²) < 4.78 is 36.0. The highest BCUT2D eigenvalue weighted by molar-refractivity contribution is 7.98. The Kier molecular flexibility index (Phi) is 7.65. The Balaban J connectivity index is 1.82. The van der Waals surface area contributed by atoms with Crippen molar-refractivity contribution in [2.24, 2.45) is 0 Å². The van der Waals surface area contributed by atoms with E-state index < -0.39 is 21.9 Å². The van der Waals surface area contributed by atoms with E-state index in [-0.39, 0.29) is 23.6 Å². The van der Waals surface area contributed by atoms with Crippen LogP contribution in [0.3, 0.4) is 0 Å². The third kappa shape index (κ3) is 5.93. The number of nitrogens with zero attached hydrogens (tertiary/aromatic N) is 1. The minimum atomic E-state index is -4.02. The fourth-order valence-electron chi connectivity index (χ4n) is 2.79. The van der Waals surface area contributed by atoms with E-state index >= 15 is 0 Å². The van der Waals surface area contributed by atoms with Gasteiger partial charge in [-0.1, -0.05) is 17.7 Å². The number of halogens is 1. The van der Waals surface area contributed by atoms with Gasteiger partial charge in [-0.05, 0) is 61.5 Å². The van der Waals surface area contributed by atoms with Crippen LogP contribution in [0.1, 0.15) is 33.6 Å². The molecule has 0 atom stereocenters. The van der Waals surface area contributed by atoms with Crippen LogP contribution in [-0.2, 0) is 20.5 Å². The molecule has 1 amide bonds. The molecule has 0 fully saturated rings. The molecule has 0 bridgehead atoms. The third-order valence-electron chi connectivity index (χ3n) is 4.18. The van der Waals surface area contributed by atoms with Crippen LogP contribution in [0.25, 0.3) is 0 Å². The Bertz CT molecular complexity index is 1220. The normalized spacial score (nSPS) is 11.2. The molecule has 10 heteroatoms. The van der Waals surface area contributed by atoms with Gasteiger partial charge in [0.05, 0.1) is 29.9 Å². The number of rotatable bonds is 8. The largest absolute Gasteiger partial charge is 0.462 e. The number of carbonyl (C=O) groups excluding carboxylic acids is 2. The average Bonchev–Trinajstić information content (AvgIpc) is 3.22. The number of thioether (sulfide) groups is 1. The van der Waals surface area contributed by atoms with E-state index in [1.54, 1.807) is 25.1 Å². The zero-order valence-corrected chi connectivity index (χ0v) is 19.7. The van der Waals surface area contributed by atoms with Gasteiger partial charge < -0.3 is 9.15 Å². The van der Waals surface area contributed by atoms with Gasteiger partial charge in [-0.2, -0.15) is 0 Å². The Morgan fingerprint density at radius 1 is 1.09 bits per heavy atom. The number of furan rings is 1. The molecule has 0 aliphatic heterocycles. The molecule has 168 valence electrons. The van der Waals surface area contributed by atoms with Crippen molar-refractivity contribution in [1.29, 1.82) is 0 Å². The van der Waals surface area contributed by atoms with Gasteiger partial charge in [0.1, 0.15) is 5.76 Å². The molecule has 32 heavy (non-hydrogen) atoms. The second-order valence-electron chi connectivity index (χ2n) is 6.61. The first-order valence-electron chi connectivity index (χ1n) is 9.48. The maximum absolute atomic E-state index is 13.0. The molecule has 1 heterocycles. The molecule has 3 aromatic rings. The van der Waals surface area contributed by atoms with Gasteiger partial charge >= 0.3 is 11.9 Å². The second kappa shape index (κ2) is 10.2. The standard InChI is InChI=1S/C22H20ClNO6S2/c1-3-29-22(26)15-5-4-6-17(13-15)24(32(2,27)28)21(25)20-12-9-18(30-20)14-31-19-10-7-16(23)8-11-19/h4-13H,3,14H2,1-2H3. The number of hydrogen-bond donors (Lipinski definition) is 0. The Hall–Kier alpha value is -2.75.